The summed E-state index contributed by atoms with van der Waals surface area (Å²) < 4.78 is 5.97. The molecule has 1 saturated carbocycles. The molecule has 1 aliphatic carbocycles. The second kappa shape index (κ2) is 5.90. The van der Waals surface area contributed by atoms with Gasteiger partial charge < -0.3 is 10.5 Å². The largest absolute Gasteiger partial charge is 0.474 e. The highest BCUT2D eigenvalue weighted by Crippen LogP contribution is 2.25. The molecule has 4 nitrogen and oxygen atoms in total. The Balaban J connectivity index is 1.83. The van der Waals surface area contributed by atoms with Gasteiger partial charge in [-0.15, -0.1) is 0 Å². The number of nitrogens with two attached hydrogens (primary N) is 1. The topological polar surface area (TPSA) is 61.0 Å². The van der Waals surface area contributed by atoms with Crippen molar-refractivity contribution in [3.63, 3.8) is 0 Å². The van der Waals surface area contributed by atoms with Crippen LogP contribution in [-0.4, -0.2) is 16.1 Å². The Labute approximate surface area is 119 Å². The number of rotatable bonds is 3. The van der Waals surface area contributed by atoms with Gasteiger partial charge in [0.1, 0.15) is 11.9 Å². The van der Waals surface area contributed by atoms with E-state index in [9.17, 15) is 0 Å². The number of ether oxygens (including phenoxy) is 1. The van der Waals surface area contributed by atoms with Crippen LogP contribution in [0.25, 0.3) is 11.4 Å². The second-order valence-corrected chi connectivity index (χ2v) is 5.20. The summed E-state index contributed by atoms with van der Waals surface area (Å²) in [7, 11) is 0. The molecule has 0 radical (unpaired) electrons. The van der Waals surface area contributed by atoms with Gasteiger partial charge in [0.05, 0.1) is 0 Å². The van der Waals surface area contributed by atoms with Crippen LogP contribution in [0.2, 0.25) is 0 Å². The fraction of sp³-hybridized carbons (Fsp3) is 0.375. The predicted octanol–water partition coefficient (Wildman–Crippen LogP) is 3.44. The lowest BCUT2D eigenvalue weighted by Crippen LogP contribution is -2.20. The van der Waals surface area contributed by atoms with E-state index in [0.29, 0.717) is 17.5 Å². The minimum absolute atomic E-state index is 0.265. The Morgan fingerprint density at radius 3 is 2.50 bits per heavy atom. The van der Waals surface area contributed by atoms with E-state index in [1.807, 2.05) is 30.3 Å². The van der Waals surface area contributed by atoms with Gasteiger partial charge in [0.2, 0.25) is 5.88 Å². The second-order valence-electron chi connectivity index (χ2n) is 5.20. The Morgan fingerprint density at radius 1 is 1.00 bits per heavy atom. The first-order valence-corrected chi connectivity index (χ1v) is 7.18. The summed E-state index contributed by atoms with van der Waals surface area (Å²) in [4.78, 5) is 8.77. The SMILES string of the molecule is Nc1cc(OC2CCCCC2)nc(-c2ccccc2)n1. The molecule has 104 valence electrons. The lowest BCUT2D eigenvalue weighted by atomic mass is 9.98. The van der Waals surface area contributed by atoms with Crippen LogP contribution < -0.4 is 10.5 Å². The highest BCUT2D eigenvalue weighted by atomic mass is 16.5. The molecule has 0 spiro atoms. The molecule has 0 unspecified atom stereocenters. The number of anilines is 1. The maximum atomic E-state index is 5.97. The van der Waals surface area contributed by atoms with E-state index in [2.05, 4.69) is 9.97 Å². The van der Waals surface area contributed by atoms with Gasteiger partial charge in [-0.25, -0.2) is 4.98 Å². The molecule has 1 aliphatic rings. The van der Waals surface area contributed by atoms with E-state index < -0.39 is 0 Å². The maximum Gasteiger partial charge on any atom is 0.219 e. The Kier molecular flexibility index (Phi) is 3.81. The highest BCUT2D eigenvalue weighted by molar-refractivity contribution is 5.57. The summed E-state index contributed by atoms with van der Waals surface area (Å²) in [5.74, 6) is 1.66. The van der Waals surface area contributed by atoms with Crippen molar-refractivity contribution in [2.24, 2.45) is 0 Å². The molecule has 0 saturated heterocycles. The molecule has 1 aromatic heterocycles. The summed E-state index contributed by atoms with van der Waals surface area (Å²) in [6, 6.07) is 11.5. The van der Waals surface area contributed by atoms with E-state index in [0.717, 1.165) is 18.4 Å². The van der Waals surface area contributed by atoms with Crippen LogP contribution in [0.3, 0.4) is 0 Å². The molecule has 1 heterocycles. The number of hydrogen-bond donors (Lipinski definition) is 1. The zero-order chi connectivity index (χ0) is 13.8. The molecule has 3 rings (SSSR count). The van der Waals surface area contributed by atoms with Crippen LogP contribution in [0.5, 0.6) is 5.88 Å². The van der Waals surface area contributed by atoms with E-state index in [1.54, 1.807) is 6.07 Å². The monoisotopic (exact) mass is 269 g/mol. The molecule has 2 N–H and O–H groups in total. The third kappa shape index (κ3) is 3.07. The fourth-order valence-corrected chi connectivity index (χ4v) is 2.57. The molecule has 1 aromatic carbocycles. The first kappa shape index (κ1) is 12.9. The van der Waals surface area contributed by atoms with Crippen LogP contribution in [0.4, 0.5) is 5.82 Å². The van der Waals surface area contributed by atoms with Gasteiger partial charge in [0.25, 0.3) is 0 Å². The van der Waals surface area contributed by atoms with Crippen molar-refractivity contribution in [1.82, 2.24) is 9.97 Å². The van der Waals surface area contributed by atoms with Gasteiger partial charge >= 0.3 is 0 Å². The number of benzene rings is 1. The fourth-order valence-electron chi connectivity index (χ4n) is 2.57. The van der Waals surface area contributed by atoms with Crippen LogP contribution in [0.15, 0.2) is 36.4 Å². The van der Waals surface area contributed by atoms with Gasteiger partial charge in [-0.2, -0.15) is 4.98 Å². The first-order chi connectivity index (χ1) is 9.81. The van der Waals surface area contributed by atoms with Crippen molar-refractivity contribution in [2.45, 2.75) is 38.2 Å². The van der Waals surface area contributed by atoms with Crippen molar-refractivity contribution in [2.75, 3.05) is 5.73 Å². The maximum absolute atomic E-state index is 5.97. The standard InChI is InChI=1S/C16H19N3O/c17-14-11-15(20-13-9-5-2-6-10-13)19-16(18-14)12-7-3-1-4-8-12/h1,3-4,7-8,11,13H,2,5-6,9-10H2,(H2,17,18,19). The average molecular weight is 269 g/mol. The molecule has 2 aromatic rings. The van der Waals surface area contributed by atoms with Crippen LogP contribution in [-0.2, 0) is 0 Å². The predicted molar refractivity (Wildman–Crippen MR) is 79.4 cm³/mol. The van der Waals surface area contributed by atoms with Gasteiger partial charge in [-0.3, -0.25) is 0 Å². The number of nitrogens with zero attached hydrogens (tertiary/aromatic N) is 2. The molecule has 4 heteroatoms. The first-order valence-electron chi connectivity index (χ1n) is 7.18. The van der Waals surface area contributed by atoms with E-state index in [1.165, 1.54) is 19.3 Å². The zero-order valence-corrected chi connectivity index (χ0v) is 11.5. The number of hydrogen-bond acceptors (Lipinski definition) is 4. The third-order valence-electron chi connectivity index (χ3n) is 3.59. The normalized spacial score (nSPS) is 16.0. The van der Waals surface area contributed by atoms with E-state index in [-0.39, 0.29) is 6.10 Å². The molecule has 0 bridgehead atoms. The van der Waals surface area contributed by atoms with Gasteiger partial charge in [-0.05, 0) is 25.7 Å². The molecule has 0 aliphatic heterocycles. The highest BCUT2D eigenvalue weighted by Gasteiger charge is 2.16. The summed E-state index contributed by atoms with van der Waals surface area (Å²) in [6.07, 6.45) is 6.24. The zero-order valence-electron chi connectivity index (χ0n) is 11.5. The molecule has 0 amide bonds. The summed E-state index contributed by atoms with van der Waals surface area (Å²) in [6.45, 7) is 0. The minimum Gasteiger partial charge on any atom is -0.474 e. The lowest BCUT2D eigenvalue weighted by molar-refractivity contribution is 0.149. The summed E-state index contributed by atoms with van der Waals surface area (Å²) >= 11 is 0. The number of aromatic nitrogens is 2. The smallest absolute Gasteiger partial charge is 0.219 e. The van der Waals surface area contributed by atoms with Gasteiger partial charge in [0.15, 0.2) is 5.82 Å². The van der Waals surface area contributed by atoms with Crippen molar-refractivity contribution >= 4 is 5.82 Å². The Bertz CT molecular complexity index is 565. The number of nitrogen functional groups attached to an aromatic ring is 1. The van der Waals surface area contributed by atoms with Crippen LogP contribution in [0.1, 0.15) is 32.1 Å². The average Bonchev–Trinajstić information content (AvgIpc) is 2.49. The summed E-state index contributed by atoms with van der Waals surface area (Å²) in [5.41, 5.74) is 6.82. The lowest BCUT2D eigenvalue weighted by Gasteiger charge is -2.22. The van der Waals surface area contributed by atoms with Crippen molar-refractivity contribution < 1.29 is 4.74 Å². The van der Waals surface area contributed by atoms with E-state index in [4.69, 9.17) is 10.5 Å². The molecular weight excluding hydrogens is 250 g/mol. The van der Waals surface area contributed by atoms with Crippen molar-refractivity contribution in [3.8, 4) is 17.3 Å². The molecule has 0 atom stereocenters. The Hall–Kier alpha value is -2.10. The van der Waals surface area contributed by atoms with Crippen molar-refractivity contribution in [3.05, 3.63) is 36.4 Å². The molecule has 20 heavy (non-hydrogen) atoms. The van der Waals surface area contributed by atoms with Gasteiger partial charge in [-0.1, -0.05) is 36.8 Å². The van der Waals surface area contributed by atoms with Crippen molar-refractivity contribution in [1.29, 1.82) is 0 Å². The molecular formula is C16H19N3O. The summed E-state index contributed by atoms with van der Waals surface area (Å²) in [5, 5.41) is 0. The quantitative estimate of drug-likeness (QED) is 0.927. The third-order valence-corrected chi connectivity index (χ3v) is 3.59. The minimum atomic E-state index is 0.265. The van der Waals surface area contributed by atoms with Crippen LogP contribution in [0, 0.1) is 0 Å². The van der Waals surface area contributed by atoms with Gasteiger partial charge in [0, 0.05) is 11.6 Å². The Morgan fingerprint density at radius 2 is 1.75 bits per heavy atom. The van der Waals surface area contributed by atoms with Crippen LogP contribution >= 0.6 is 0 Å². The van der Waals surface area contributed by atoms with E-state index >= 15 is 0 Å². The molecule has 1 fully saturated rings.